The van der Waals surface area contributed by atoms with E-state index in [9.17, 15) is 14.0 Å². The second-order valence-corrected chi connectivity index (χ2v) is 8.49. The smallest absolute Gasteiger partial charge is 0.342 e. The Bertz CT molecular complexity index is 1530. The van der Waals surface area contributed by atoms with Gasteiger partial charge in [-0.05, 0) is 49.7 Å². The fraction of sp³-hybridized carbons (Fsp3) is 0.207. The molecule has 2 heterocycles. The molecule has 0 N–H and O–H groups in total. The molecule has 0 aliphatic carbocycles. The highest BCUT2D eigenvalue weighted by Crippen LogP contribution is 2.36. The lowest BCUT2D eigenvalue weighted by molar-refractivity contribution is -0.112. The van der Waals surface area contributed by atoms with E-state index in [-0.39, 0.29) is 18.2 Å². The minimum atomic E-state index is -0.474. The van der Waals surface area contributed by atoms with Gasteiger partial charge in [-0.15, -0.1) is 0 Å². The maximum Gasteiger partial charge on any atom is 0.342 e. The lowest BCUT2D eigenvalue weighted by atomic mass is 10.1. The van der Waals surface area contributed by atoms with Crippen LogP contribution in [0.5, 0.6) is 5.75 Å². The van der Waals surface area contributed by atoms with Gasteiger partial charge < -0.3 is 23.6 Å². The average Bonchev–Trinajstić information content (AvgIpc) is 3.42. The van der Waals surface area contributed by atoms with Gasteiger partial charge in [0.15, 0.2) is 5.71 Å². The summed E-state index contributed by atoms with van der Waals surface area (Å²) < 4.78 is 31.1. The van der Waals surface area contributed by atoms with E-state index >= 15 is 0 Å². The monoisotopic (exact) mass is 516 g/mol. The van der Waals surface area contributed by atoms with Crippen molar-refractivity contribution in [1.82, 2.24) is 0 Å². The molecular weight excluding hydrogens is 491 g/mol. The fourth-order valence-electron chi connectivity index (χ4n) is 4.47. The van der Waals surface area contributed by atoms with Crippen LogP contribution in [-0.2, 0) is 14.4 Å². The van der Waals surface area contributed by atoms with E-state index in [1.54, 1.807) is 31.2 Å². The number of halogens is 1. The Hall–Kier alpha value is -4.66. The summed E-state index contributed by atoms with van der Waals surface area (Å²) in [5.74, 6) is -0.316. The molecule has 0 atom stereocenters. The summed E-state index contributed by atoms with van der Waals surface area (Å²) in [4.78, 5) is 32.0. The topological polar surface area (TPSA) is 90.6 Å². The highest BCUT2D eigenvalue weighted by atomic mass is 19.1. The van der Waals surface area contributed by atoms with Crippen molar-refractivity contribution in [3.05, 3.63) is 83.7 Å². The number of benzene rings is 3. The van der Waals surface area contributed by atoms with Crippen LogP contribution in [0.15, 0.2) is 76.3 Å². The Morgan fingerprint density at radius 1 is 1.08 bits per heavy atom. The number of nitrogens with zero attached hydrogens (tertiary/aromatic N) is 2. The maximum absolute atomic E-state index is 13.8. The Kier molecular flexibility index (Phi) is 7.08. The molecule has 0 bridgehead atoms. The van der Waals surface area contributed by atoms with Crippen LogP contribution in [-0.4, -0.2) is 44.5 Å². The molecule has 0 fully saturated rings. The quantitative estimate of drug-likeness (QED) is 0.164. The van der Waals surface area contributed by atoms with Gasteiger partial charge in [0.25, 0.3) is 5.91 Å². The summed E-state index contributed by atoms with van der Waals surface area (Å²) in [6.07, 6.45) is 0.492. The van der Waals surface area contributed by atoms with Crippen LogP contribution >= 0.6 is 0 Å². The lowest BCUT2D eigenvalue weighted by Crippen LogP contribution is -2.31. The van der Waals surface area contributed by atoms with Gasteiger partial charge in [0.05, 0.1) is 18.9 Å². The minimum absolute atomic E-state index is 0.0639. The van der Waals surface area contributed by atoms with Crippen LogP contribution in [0.3, 0.4) is 0 Å². The molecule has 0 saturated carbocycles. The number of hydrogen-bond acceptors (Lipinski definition) is 7. The van der Waals surface area contributed by atoms with Crippen molar-refractivity contribution < 1.29 is 32.7 Å². The number of fused-ring (bicyclic) bond motifs is 2. The van der Waals surface area contributed by atoms with Crippen molar-refractivity contribution in [2.75, 3.05) is 31.8 Å². The van der Waals surface area contributed by atoms with Gasteiger partial charge in [0, 0.05) is 23.1 Å². The van der Waals surface area contributed by atoms with Crippen LogP contribution in [0.25, 0.3) is 22.3 Å². The van der Waals surface area contributed by atoms with Crippen molar-refractivity contribution in [3.8, 4) is 17.1 Å². The number of amides is 1. The van der Waals surface area contributed by atoms with Gasteiger partial charge in [-0.2, -0.15) is 0 Å². The van der Waals surface area contributed by atoms with E-state index in [0.29, 0.717) is 58.9 Å². The van der Waals surface area contributed by atoms with Crippen LogP contribution in [0.4, 0.5) is 10.1 Å². The molecule has 4 aromatic rings. The summed E-state index contributed by atoms with van der Waals surface area (Å²) in [5, 5.41) is 4.37. The van der Waals surface area contributed by atoms with Crippen molar-refractivity contribution >= 4 is 34.2 Å². The third-order valence-corrected chi connectivity index (χ3v) is 6.10. The van der Waals surface area contributed by atoms with Gasteiger partial charge in [-0.1, -0.05) is 35.5 Å². The van der Waals surface area contributed by atoms with Crippen LogP contribution in [0.1, 0.15) is 29.3 Å². The molecule has 1 amide bonds. The first-order valence-electron chi connectivity index (χ1n) is 12.2. The molecular formula is C29H25FN2O6. The van der Waals surface area contributed by atoms with Gasteiger partial charge in [-0.25, -0.2) is 9.18 Å². The zero-order chi connectivity index (χ0) is 26.6. The van der Waals surface area contributed by atoms with Crippen LogP contribution in [0.2, 0.25) is 0 Å². The second kappa shape index (κ2) is 10.8. The minimum Gasteiger partial charge on any atom is -0.494 e. The summed E-state index contributed by atoms with van der Waals surface area (Å²) in [6, 6.07) is 18.8. The van der Waals surface area contributed by atoms with Crippen molar-refractivity contribution in [1.29, 1.82) is 0 Å². The van der Waals surface area contributed by atoms with Crippen molar-refractivity contribution in [2.45, 2.75) is 13.3 Å². The van der Waals surface area contributed by atoms with Gasteiger partial charge in [0.1, 0.15) is 35.6 Å². The fourth-order valence-corrected chi connectivity index (χ4v) is 4.47. The third kappa shape index (κ3) is 4.70. The van der Waals surface area contributed by atoms with Crippen LogP contribution < -0.4 is 9.64 Å². The van der Waals surface area contributed by atoms with Gasteiger partial charge in [-0.3, -0.25) is 4.79 Å². The summed E-state index contributed by atoms with van der Waals surface area (Å²) in [6.45, 7) is 2.61. The number of rotatable bonds is 9. The number of anilines is 1. The molecule has 1 aliphatic rings. The van der Waals surface area contributed by atoms with E-state index in [1.807, 2.05) is 30.3 Å². The zero-order valence-corrected chi connectivity index (χ0v) is 20.9. The molecule has 1 aliphatic heterocycles. The normalized spacial score (nSPS) is 13.7. The number of carbonyl (C=O) groups is 2. The molecule has 194 valence electrons. The number of hydrogen-bond donors (Lipinski definition) is 0. The Balaban J connectivity index is 1.33. The molecule has 0 saturated heterocycles. The molecule has 8 nitrogen and oxygen atoms in total. The summed E-state index contributed by atoms with van der Waals surface area (Å²) >= 11 is 0. The summed E-state index contributed by atoms with van der Waals surface area (Å²) in [5.41, 5.74) is 2.67. The molecule has 0 unspecified atom stereocenters. The van der Waals surface area contributed by atoms with E-state index in [4.69, 9.17) is 18.7 Å². The molecule has 1 aromatic heterocycles. The number of carbonyl (C=O) groups excluding carboxylic acids is 2. The first-order chi connectivity index (χ1) is 18.5. The lowest BCUT2D eigenvalue weighted by Gasteiger charge is -2.17. The molecule has 0 spiro atoms. The molecule has 0 radical (unpaired) electrons. The highest BCUT2D eigenvalue weighted by molar-refractivity contribution is 6.54. The Morgan fingerprint density at radius 2 is 1.89 bits per heavy atom. The standard InChI is InChI=1S/C29H25FN2O6/c1-3-36-29(34)25-22-17-20(11-13-24(22)38-27(25)18-8-5-4-6-9-18)37-15-7-14-32-23-12-10-19(30)16-21(23)26(28(32)33)31-35-2/h4-6,8-13,16-17H,3,7,14-15H2,1-2H3/b31-26+. The molecule has 9 heteroatoms. The Labute approximate surface area is 218 Å². The summed E-state index contributed by atoms with van der Waals surface area (Å²) in [7, 11) is 1.34. The third-order valence-electron chi connectivity index (χ3n) is 6.10. The molecule has 5 rings (SSSR count). The predicted molar refractivity (Wildman–Crippen MR) is 140 cm³/mol. The van der Waals surface area contributed by atoms with Gasteiger partial charge in [0.2, 0.25) is 0 Å². The van der Waals surface area contributed by atoms with Crippen LogP contribution in [0, 0.1) is 5.82 Å². The Morgan fingerprint density at radius 3 is 2.66 bits per heavy atom. The number of esters is 1. The first-order valence-corrected chi connectivity index (χ1v) is 12.2. The second-order valence-electron chi connectivity index (χ2n) is 8.49. The van der Waals surface area contributed by atoms with E-state index in [0.717, 1.165) is 5.56 Å². The number of oxime groups is 1. The molecule has 38 heavy (non-hydrogen) atoms. The van der Waals surface area contributed by atoms with Crippen molar-refractivity contribution in [3.63, 3.8) is 0 Å². The van der Waals surface area contributed by atoms with E-state index < -0.39 is 11.8 Å². The number of ether oxygens (including phenoxy) is 2. The number of furan rings is 1. The first kappa shape index (κ1) is 25.0. The average molecular weight is 517 g/mol. The largest absolute Gasteiger partial charge is 0.494 e. The zero-order valence-electron chi connectivity index (χ0n) is 20.9. The van der Waals surface area contributed by atoms with E-state index in [1.165, 1.54) is 24.1 Å². The molecule has 3 aromatic carbocycles. The van der Waals surface area contributed by atoms with Gasteiger partial charge >= 0.3 is 5.97 Å². The highest BCUT2D eigenvalue weighted by Gasteiger charge is 2.34. The van der Waals surface area contributed by atoms with E-state index in [2.05, 4.69) is 5.16 Å². The SMILES string of the molecule is CCOC(=O)c1c(-c2ccccc2)oc2ccc(OCCCN3C(=O)/C(=N/OC)c4cc(F)ccc43)cc12. The maximum atomic E-state index is 13.8. The van der Waals surface area contributed by atoms with Crippen molar-refractivity contribution in [2.24, 2.45) is 5.16 Å². The predicted octanol–water partition coefficient (Wildman–Crippen LogP) is 5.58.